The molecule has 3 nitrogen and oxygen atoms in total. The Morgan fingerprint density at radius 2 is 1.52 bits per heavy atom. The van der Waals surface area contributed by atoms with Gasteiger partial charge in [0.15, 0.2) is 5.82 Å². The molecular weight excluding hydrogens is 260 g/mol. The van der Waals surface area contributed by atoms with E-state index >= 15 is 0 Å². The fraction of sp³-hybridized carbons (Fsp3) is 0.889. The number of nitrogens with zero attached hydrogens (tertiary/aromatic N) is 2. The Kier molecular flexibility index (Phi) is 5.11. The second-order valence-electron chi connectivity index (χ2n) is 8.47. The van der Waals surface area contributed by atoms with Gasteiger partial charge in [-0.2, -0.15) is 4.98 Å². The highest BCUT2D eigenvalue weighted by molar-refractivity contribution is 5.06. The second kappa shape index (κ2) is 6.50. The van der Waals surface area contributed by atoms with Crippen molar-refractivity contribution in [3.05, 3.63) is 11.7 Å². The predicted octanol–water partition coefficient (Wildman–Crippen LogP) is 5.40. The lowest BCUT2D eigenvalue weighted by molar-refractivity contribution is 0.239. The number of rotatable bonds is 3. The van der Waals surface area contributed by atoms with Gasteiger partial charge in [-0.15, -0.1) is 0 Å². The molecule has 0 N–H and O–H groups in total. The summed E-state index contributed by atoms with van der Waals surface area (Å²) in [5, 5.41) is 4.19. The molecule has 1 aliphatic rings. The molecule has 0 spiro atoms. The summed E-state index contributed by atoms with van der Waals surface area (Å²) >= 11 is 0. The van der Waals surface area contributed by atoms with Crippen LogP contribution in [-0.4, -0.2) is 10.1 Å². The molecule has 0 aromatic carbocycles. The average molecular weight is 292 g/mol. The minimum absolute atomic E-state index is 0.0135. The van der Waals surface area contributed by atoms with Crippen molar-refractivity contribution in [1.29, 1.82) is 0 Å². The Hall–Kier alpha value is -0.860. The van der Waals surface area contributed by atoms with Gasteiger partial charge >= 0.3 is 0 Å². The van der Waals surface area contributed by atoms with Crippen LogP contribution in [0.5, 0.6) is 0 Å². The van der Waals surface area contributed by atoms with Gasteiger partial charge in [0.25, 0.3) is 0 Å². The summed E-state index contributed by atoms with van der Waals surface area (Å²) in [6.45, 7) is 10.9. The quantitative estimate of drug-likeness (QED) is 0.749. The van der Waals surface area contributed by atoms with E-state index in [-0.39, 0.29) is 10.8 Å². The first kappa shape index (κ1) is 16.5. The number of aromatic nitrogens is 2. The first-order chi connectivity index (χ1) is 9.79. The van der Waals surface area contributed by atoms with E-state index in [2.05, 4.69) is 44.8 Å². The van der Waals surface area contributed by atoms with Gasteiger partial charge < -0.3 is 4.52 Å². The third kappa shape index (κ3) is 4.55. The van der Waals surface area contributed by atoms with Crippen LogP contribution in [0.2, 0.25) is 0 Å². The van der Waals surface area contributed by atoms with Gasteiger partial charge in [0.1, 0.15) is 0 Å². The molecule has 3 heteroatoms. The molecule has 1 saturated carbocycles. The highest BCUT2D eigenvalue weighted by Crippen LogP contribution is 2.35. The van der Waals surface area contributed by atoms with E-state index in [1.807, 2.05) is 0 Å². The highest BCUT2D eigenvalue weighted by Gasteiger charge is 2.32. The van der Waals surface area contributed by atoms with Crippen LogP contribution in [-0.2, 0) is 10.8 Å². The van der Waals surface area contributed by atoms with Crippen molar-refractivity contribution in [3.8, 4) is 0 Å². The van der Waals surface area contributed by atoms with Crippen molar-refractivity contribution in [2.24, 2.45) is 5.92 Å². The minimum Gasteiger partial charge on any atom is -0.339 e. The third-order valence-electron chi connectivity index (χ3n) is 4.70. The molecule has 120 valence electrons. The van der Waals surface area contributed by atoms with Gasteiger partial charge in [-0.3, -0.25) is 0 Å². The summed E-state index contributed by atoms with van der Waals surface area (Å²) in [5.74, 6) is 2.45. The van der Waals surface area contributed by atoms with Crippen molar-refractivity contribution >= 4 is 0 Å². The molecular formula is C18H32N2O. The van der Waals surface area contributed by atoms with Crippen molar-refractivity contribution in [2.75, 3.05) is 0 Å². The Morgan fingerprint density at radius 1 is 0.952 bits per heavy atom. The Balaban J connectivity index is 2.04. The van der Waals surface area contributed by atoms with Gasteiger partial charge in [-0.05, 0) is 12.3 Å². The zero-order chi connectivity index (χ0) is 15.5. The molecule has 1 aromatic rings. The van der Waals surface area contributed by atoms with Crippen molar-refractivity contribution in [3.63, 3.8) is 0 Å². The summed E-state index contributed by atoms with van der Waals surface area (Å²) in [6.07, 6.45) is 10.9. The second-order valence-corrected chi connectivity index (χ2v) is 8.47. The minimum atomic E-state index is -0.0436. The fourth-order valence-corrected chi connectivity index (χ4v) is 3.36. The number of hydrogen-bond donors (Lipinski definition) is 0. The lowest BCUT2D eigenvalue weighted by Crippen LogP contribution is -2.23. The maximum atomic E-state index is 5.59. The van der Waals surface area contributed by atoms with Crippen molar-refractivity contribution < 1.29 is 4.52 Å². The van der Waals surface area contributed by atoms with Crippen LogP contribution in [0.1, 0.15) is 97.7 Å². The molecule has 2 rings (SSSR count). The molecule has 0 atom stereocenters. The maximum absolute atomic E-state index is 5.59. The molecule has 1 fully saturated rings. The van der Waals surface area contributed by atoms with E-state index in [0.717, 1.165) is 17.6 Å². The van der Waals surface area contributed by atoms with Crippen LogP contribution in [0.25, 0.3) is 0 Å². The van der Waals surface area contributed by atoms with Crippen LogP contribution in [0.3, 0.4) is 0 Å². The standard InChI is InChI=1S/C18H32N2O/c1-17(2,3)15-19-16(21-20-15)18(4,5)13-14-11-9-7-6-8-10-12-14/h14H,6-13H2,1-5H3. The molecule has 0 bridgehead atoms. The Labute approximate surface area is 129 Å². The lowest BCUT2D eigenvalue weighted by Gasteiger charge is -2.28. The van der Waals surface area contributed by atoms with Gasteiger partial charge in [0.2, 0.25) is 5.89 Å². The Morgan fingerprint density at radius 3 is 2.05 bits per heavy atom. The summed E-state index contributed by atoms with van der Waals surface area (Å²) in [6, 6.07) is 0. The molecule has 1 aromatic heterocycles. The molecule has 0 radical (unpaired) electrons. The molecule has 0 amide bonds. The fourth-order valence-electron chi connectivity index (χ4n) is 3.36. The molecule has 0 aliphatic heterocycles. The van der Waals surface area contributed by atoms with E-state index in [0.29, 0.717) is 0 Å². The normalized spacial score (nSPS) is 19.3. The zero-order valence-corrected chi connectivity index (χ0v) is 14.5. The van der Waals surface area contributed by atoms with Gasteiger partial charge in [-0.25, -0.2) is 0 Å². The van der Waals surface area contributed by atoms with E-state index in [4.69, 9.17) is 4.52 Å². The van der Waals surface area contributed by atoms with Crippen LogP contribution in [0, 0.1) is 5.92 Å². The van der Waals surface area contributed by atoms with E-state index in [9.17, 15) is 0 Å². The van der Waals surface area contributed by atoms with Crippen molar-refractivity contribution in [2.45, 2.75) is 96.8 Å². The SMILES string of the molecule is CC(C)(C)c1noc(C(C)(C)CC2CCCCCCC2)n1. The summed E-state index contributed by atoms with van der Waals surface area (Å²) in [4.78, 5) is 4.68. The molecule has 21 heavy (non-hydrogen) atoms. The first-order valence-corrected chi connectivity index (χ1v) is 8.64. The summed E-state index contributed by atoms with van der Waals surface area (Å²) in [7, 11) is 0. The van der Waals surface area contributed by atoms with E-state index in [1.54, 1.807) is 0 Å². The van der Waals surface area contributed by atoms with Crippen LogP contribution in [0.4, 0.5) is 0 Å². The zero-order valence-electron chi connectivity index (χ0n) is 14.5. The average Bonchev–Trinajstić information content (AvgIpc) is 2.82. The predicted molar refractivity (Wildman–Crippen MR) is 86.5 cm³/mol. The van der Waals surface area contributed by atoms with Crippen LogP contribution in [0.15, 0.2) is 4.52 Å². The Bertz CT molecular complexity index is 434. The van der Waals surface area contributed by atoms with Gasteiger partial charge in [-0.1, -0.05) is 84.7 Å². The molecule has 1 aliphatic carbocycles. The summed E-state index contributed by atoms with van der Waals surface area (Å²) < 4.78 is 5.59. The monoisotopic (exact) mass is 292 g/mol. The van der Waals surface area contributed by atoms with E-state index < -0.39 is 0 Å². The first-order valence-electron chi connectivity index (χ1n) is 8.64. The van der Waals surface area contributed by atoms with Crippen molar-refractivity contribution in [1.82, 2.24) is 10.1 Å². The van der Waals surface area contributed by atoms with Gasteiger partial charge in [0, 0.05) is 10.8 Å². The smallest absolute Gasteiger partial charge is 0.232 e. The summed E-state index contributed by atoms with van der Waals surface area (Å²) in [5.41, 5.74) is -0.0571. The highest BCUT2D eigenvalue weighted by atomic mass is 16.5. The van der Waals surface area contributed by atoms with Gasteiger partial charge in [0.05, 0.1) is 0 Å². The third-order valence-corrected chi connectivity index (χ3v) is 4.70. The molecule has 1 heterocycles. The topological polar surface area (TPSA) is 38.9 Å². The maximum Gasteiger partial charge on any atom is 0.232 e. The molecule has 0 saturated heterocycles. The van der Waals surface area contributed by atoms with E-state index in [1.165, 1.54) is 51.4 Å². The molecule has 0 unspecified atom stereocenters. The van der Waals surface area contributed by atoms with Crippen LogP contribution < -0.4 is 0 Å². The van der Waals surface area contributed by atoms with Crippen LogP contribution >= 0.6 is 0 Å². The lowest BCUT2D eigenvalue weighted by atomic mass is 9.77. The largest absolute Gasteiger partial charge is 0.339 e. The number of hydrogen-bond acceptors (Lipinski definition) is 3.